The molecule has 184 valence electrons. The second-order valence-electron chi connectivity index (χ2n) is 7.77. The molecule has 34 heavy (non-hydrogen) atoms. The van der Waals surface area contributed by atoms with Gasteiger partial charge in [0.05, 0.1) is 11.4 Å². The zero-order valence-corrected chi connectivity index (χ0v) is 20.5. The van der Waals surface area contributed by atoms with Crippen molar-refractivity contribution in [2.75, 3.05) is 29.9 Å². The molecule has 0 bridgehead atoms. The van der Waals surface area contributed by atoms with Crippen LogP contribution in [0.5, 0.6) is 11.5 Å². The maximum atomic E-state index is 13.6. The summed E-state index contributed by atoms with van der Waals surface area (Å²) in [7, 11) is -3.81. The number of hydrogen-bond acceptors (Lipinski definition) is 6. The third-order valence-electron chi connectivity index (χ3n) is 5.56. The number of ether oxygens (including phenoxy) is 2. The van der Waals surface area contributed by atoms with E-state index in [2.05, 4.69) is 5.32 Å². The molecule has 1 heterocycles. The average Bonchev–Trinajstić information content (AvgIpc) is 3.31. The van der Waals surface area contributed by atoms with Gasteiger partial charge in [-0.2, -0.15) is 0 Å². The Kier molecular flexibility index (Phi) is 8.38. The van der Waals surface area contributed by atoms with E-state index < -0.39 is 28.5 Å². The van der Waals surface area contributed by atoms with Crippen LogP contribution in [0.25, 0.3) is 0 Å². The van der Waals surface area contributed by atoms with E-state index in [0.717, 1.165) is 9.87 Å². The predicted molar refractivity (Wildman–Crippen MR) is 129 cm³/mol. The molecule has 0 unspecified atom stereocenters. The second-order valence-corrected chi connectivity index (χ2v) is 9.95. The summed E-state index contributed by atoms with van der Waals surface area (Å²) in [6, 6.07) is 13.3. The van der Waals surface area contributed by atoms with Gasteiger partial charge in [-0.15, -0.1) is 0 Å². The zero-order valence-electron chi connectivity index (χ0n) is 19.7. The molecule has 1 aliphatic rings. The number of rotatable bonds is 11. The minimum Gasteiger partial charge on any atom is -0.454 e. The Morgan fingerprint density at radius 3 is 2.38 bits per heavy atom. The van der Waals surface area contributed by atoms with Crippen molar-refractivity contribution in [1.82, 2.24) is 10.2 Å². The third-order valence-corrected chi connectivity index (χ3v) is 7.30. The van der Waals surface area contributed by atoms with Crippen LogP contribution in [0.15, 0.2) is 48.5 Å². The lowest BCUT2D eigenvalue weighted by Crippen LogP contribution is -2.52. The van der Waals surface area contributed by atoms with Crippen LogP contribution in [0, 0.1) is 0 Å². The number of nitrogens with one attached hydrogen (secondary N) is 1. The highest BCUT2D eigenvalue weighted by atomic mass is 32.2. The Morgan fingerprint density at radius 2 is 1.74 bits per heavy atom. The number of amides is 2. The molecule has 10 heteroatoms. The van der Waals surface area contributed by atoms with Crippen LogP contribution in [0.4, 0.5) is 5.69 Å². The Hall–Kier alpha value is -3.27. The van der Waals surface area contributed by atoms with Gasteiger partial charge in [0.25, 0.3) is 0 Å². The largest absolute Gasteiger partial charge is 0.454 e. The fourth-order valence-electron chi connectivity index (χ4n) is 3.75. The summed E-state index contributed by atoms with van der Waals surface area (Å²) in [5.41, 5.74) is 1.14. The summed E-state index contributed by atoms with van der Waals surface area (Å²) in [6.07, 6.45) is 0.384. The number of likely N-dealkylation sites (N-methyl/N-ethyl adjacent to an activating group) is 1. The lowest BCUT2D eigenvalue weighted by molar-refractivity contribution is -0.140. The molecule has 2 amide bonds. The summed E-state index contributed by atoms with van der Waals surface area (Å²) in [5, 5.41) is 2.78. The summed E-state index contributed by atoms with van der Waals surface area (Å²) < 4.78 is 37.8. The number of anilines is 1. The minimum absolute atomic E-state index is 0.0494. The van der Waals surface area contributed by atoms with Gasteiger partial charge in [-0.1, -0.05) is 37.3 Å². The van der Waals surface area contributed by atoms with Crippen molar-refractivity contribution >= 4 is 27.5 Å². The van der Waals surface area contributed by atoms with Gasteiger partial charge in [-0.3, -0.25) is 13.9 Å². The number of carbonyl (C=O) groups excluding carboxylic acids is 2. The van der Waals surface area contributed by atoms with Crippen LogP contribution in [0.3, 0.4) is 0 Å². The molecule has 0 saturated carbocycles. The highest BCUT2D eigenvalue weighted by Crippen LogP contribution is 2.36. The first kappa shape index (κ1) is 25.4. The lowest BCUT2D eigenvalue weighted by Gasteiger charge is -2.33. The molecule has 3 rings (SSSR count). The summed E-state index contributed by atoms with van der Waals surface area (Å²) in [5.74, 6) is -0.0204. The van der Waals surface area contributed by atoms with Gasteiger partial charge in [-0.05, 0) is 38.0 Å². The van der Waals surface area contributed by atoms with Gasteiger partial charge < -0.3 is 19.7 Å². The van der Waals surface area contributed by atoms with Crippen molar-refractivity contribution in [2.24, 2.45) is 0 Å². The second kappa shape index (κ2) is 11.2. The number of fused-ring (bicyclic) bond motifs is 1. The zero-order chi connectivity index (χ0) is 24.7. The minimum atomic E-state index is -3.81. The van der Waals surface area contributed by atoms with E-state index in [1.165, 1.54) is 11.8 Å². The van der Waals surface area contributed by atoms with Crippen molar-refractivity contribution in [3.8, 4) is 11.5 Å². The molecule has 2 aromatic carbocycles. The molecule has 0 fully saturated rings. The van der Waals surface area contributed by atoms with Crippen LogP contribution in [-0.4, -0.2) is 56.8 Å². The molecular formula is C24H31N3O6S. The van der Waals surface area contributed by atoms with Crippen molar-refractivity contribution in [3.63, 3.8) is 0 Å². The van der Waals surface area contributed by atoms with E-state index in [-0.39, 0.29) is 25.0 Å². The number of sulfonamides is 1. The molecular weight excluding hydrogens is 458 g/mol. The van der Waals surface area contributed by atoms with Crippen LogP contribution < -0.4 is 19.1 Å². The van der Waals surface area contributed by atoms with Gasteiger partial charge in [-0.25, -0.2) is 8.42 Å². The van der Waals surface area contributed by atoms with E-state index in [0.29, 0.717) is 30.2 Å². The first-order valence-corrected chi connectivity index (χ1v) is 12.9. The third kappa shape index (κ3) is 5.80. The highest BCUT2D eigenvalue weighted by Gasteiger charge is 2.32. The maximum Gasteiger partial charge on any atom is 0.244 e. The molecule has 0 spiro atoms. The summed E-state index contributed by atoms with van der Waals surface area (Å²) >= 11 is 0. The topological polar surface area (TPSA) is 105 Å². The van der Waals surface area contributed by atoms with Crippen molar-refractivity contribution in [1.29, 1.82) is 0 Å². The maximum absolute atomic E-state index is 13.6. The number of hydrogen-bond donors (Lipinski definition) is 1. The SMILES string of the molecule is CCNC(=O)[C@H](CC)N(Cc1ccccc1)C(=O)CN(c1ccc2c(c1)OCO2)S(=O)(=O)CC. The quantitative estimate of drug-likeness (QED) is 0.520. The van der Waals surface area contributed by atoms with Gasteiger partial charge in [0.2, 0.25) is 28.6 Å². The monoisotopic (exact) mass is 489 g/mol. The Labute approximate surface area is 200 Å². The van der Waals surface area contributed by atoms with Gasteiger partial charge in [0, 0.05) is 19.2 Å². The molecule has 0 radical (unpaired) electrons. The fourth-order valence-corrected chi connectivity index (χ4v) is 4.81. The fraction of sp³-hybridized carbons (Fsp3) is 0.417. The van der Waals surface area contributed by atoms with E-state index in [1.807, 2.05) is 44.2 Å². The molecule has 0 aliphatic carbocycles. The van der Waals surface area contributed by atoms with Gasteiger partial charge in [0.15, 0.2) is 11.5 Å². The van der Waals surface area contributed by atoms with Crippen molar-refractivity contribution in [3.05, 3.63) is 54.1 Å². The van der Waals surface area contributed by atoms with E-state index >= 15 is 0 Å². The van der Waals surface area contributed by atoms with Crippen molar-refractivity contribution < 1.29 is 27.5 Å². The standard InChI is InChI=1S/C24H31N3O6S/c1-4-20(24(29)25-5-2)26(15-18-10-8-7-9-11-18)23(28)16-27(34(30,31)6-3)19-12-13-21-22(14-19)33-17-32-21/h7-14,20H,4-6,15-17H2,1-3H3,(H,25,29)/t20-/m0/s1. The molecule has 2 aromatic rings. The number of carbonyl (C=O) groups is 2. The molecule has 1 atom stereocenters. The summed E-state index contributed by atoms with van der Waals surface area (Å²) in [4.78, 5) is 27.9. The normalized spacial score (nSPS) is 13.3. The molecule has 1 aliphatic heterocycles. The predicted octanol–water partition coefficient (Wildman–Crippen LogP) is 2.51. The average molecular weight is 490 g/mol. The van der Waals surface area contributed by atoms with Crippen LogP contribution in [-0.2, 0) is 26.2 Å². The van der Waals surface area contributed by atoms with Crippen molar-refractivity contribution in [2.45, 2.75) is 39.8 Å². The Morgan fingerprint density at radius 1 is 1.03 bits per heavy atom. The first-order valence-electron chi connectivity index (χ1n) is 11.3. The van der Waals surface area contributed by atoms with Crippen LogP contribution in [0.1, 0.15) is 32.8 Å². The molecule has 1 N–H and O–H groups in total. The number of benzene rings is 2. The lowest BCUT2D eigenvalue weighted by atomic mass is 10.1. The Bertz CT molecular complexity index is 1110. The van der Waals surface area contributed by atoms with Crippen LogP contribution in [0.2, 0.25) is 0 Å². The van der Waals surface area contributed by atoms with E-state index in [1.54, 1.807) is 18.2 Å². The summed E-state index contributed by atoms with van der Waals surface area (Å²) in [6.45, 7) is 5.36. The highest BCUT2D eigenvalue weighted by molar-refractivity contribution is 7.92. The molecule has 0 saturated heterocycles. The molecule has 0 aromatic heterocycles. The Balaban J connectivity index is 1.95. The molecule has 9 nitrogen and oxygen atoms in total. The van der Waals surface area contributed by atoms with Gasteiger partial charge in [0.1, 0.15) is 12.6 Å². The van der Waals surface area contributed by atoms with Crippen LogP contribution >= 0.6 is 0 Å². The smallest absolute Gasteiger partial charge is 0.244 e. The first-order chi connectivity index (χ1) is 16.3. The number of nitrogens with zero attached hydrogens (tertiary/aromatic N) is 2. The van der Waals surface area contributed by atoms with E-state index in [4.69, 9.17) is 9.47 Å². The van der Waals surface area contributed by atoms with Gasteiger partial charge >= 0.3 is 0 Å². The van der Waals surface area contributed by atoms with E-state index in [9.17, 15) is 18.0 Å².